The number of hydrogen-bond donors (Lipinski definition) is 0. The Balaban J connectivity index is 0.886. The van der Waals surface area contributed by atoms with Crippen LogP contribution in [-0.4, -0.2) is 22.9 Å². The number of ether oxygens (including phenoxy) is 2. The molecule has 0 spiro atoms. The lowest BCUT2D eigenvalue weighted by atomic mass is 9.35. The van der Waals surface area contributed by atoms with Crippen LogP contribution < -0.4 is 77.2 Å². The molecule has 4 aliphatic rings. The lowest BCUT2D eigenvalue weighted by Gasteiger charge is -2.45. The number of rotatable bonds is 6. The molecule has 0 amide bonds. The van der Waals surface area contributed by atoms with Crippen molar-refractivity contribution in [3.05, 3.63) is 271 Å². The van der Waals surface area contributed by atoms with E-state index in [9.17, 15) is 0 Å². The number of aryl methyl sites for hydroxylation is 4. The highest BCUT2D eigenvalue weighted by atomic mass is 28.3. The van der Waals surface area contributed by atoms with Gasteiger partial charge < -0.3 is 19.3 Å². The van der Waals surface area contributed by atoms with E-state index in [2.05, 4.69) is 286 Å². The fourth-order valence-electron chi connectivity index (χ4n) is 13.7. The molecule has 0 atom stereocenters. The molecule has 0 fully saturated rings. The maximum absolute atomic E-state index is 7.07. The normalized spacial score (nSPS) is 14.6. The Labute approximate surface area is 453 Å². The molecule has 0 bridgehead atoms. The van der Waals surface area contributed by atoms with Crippen LogP contribution in [0.4, 0.5) is 34.1 Å². The minimum Gasteiger partial charge on any atom is -0.458 e. The van der Waals surface area contributed by atoms with E-state index in [-0.39, 0.29) is 6.71 Å². The molecule has 4 aliphatic heterocycles. The fraction of sp³-hybridized carbons (Fsp3) is 0.0571. The molecule has 7 heteroatoms. The third-order valence-corrected chi connectivity index (χ3v) is 26.5. The van der Waals surface area contributed by atoms with Gasteiger partial charge in [-0.1, -0.05) is 210 Å². The van der Waals surface area contributed by atoms with Crippen molar-refractivity contribution in [3.63, 3.8) is 0 Å². The van der Waals surface area contributed by atoms with Gasteiger partial charge in [0.25, 0.3) is 6.71 Å². The van der Waals surface area contributed by atoms with Crippen molar-refractivity contribution in [1.82, 2.24) is 0 Å². The Kier molecular flexibility index (Phi) is 10.2. The monoisotopic (exact) mass is 1020 g/mol. The smallest absolute Gasteiger partial charge is 0.260 e. The molecule has 0 aromatic heterocycles. The minimum absolute atomic E-state index is 0.110. The van der Waals surface area contributed by atoms with Crippen LogP contribution in [0.25, 0.3) is 0 Å². The second-order valence-corrected chi connectivity index (χ2v) is 28.9. The molecule has 11 aromatic carbocycles. The third-order valence-electron chi connectivity index (χ3n) is 16.9. The zero-order valence-electron chi connectivity index (χ0n) is 43.5. The summed E-state index contributed by atoms with van der Waals surface area (Å²) in [5.41, 5.74) is 15.2. The molecule has 0 unspecified atom stereocenters. The number of benzene rings is 11. The summed E-state index contributed by atoms with van der Waals surface area (Å²) in [6.07, 6.45) is 0. The summed E-state index contributed by atoms with van der Waals surface area (Å²) in [5.74, 6) is 3.35. The summed E-state index contributed by atoms with van der Waals surface area (Å²) in [6, 6.07) is 93.5. The first-order chi connectivity index (χ1) is 37.8. The van der Waals surface area contributed by atoms with Crippen molar-refractivity contribution in [1.29, 1.82) is 0 Å². The Morgan fingerprint density at radius 3 is 0.922 bits per heavy atom. The lowest BCUT2D eigenvalue weighted by Crippen LogP contribution is -2.77. The fourth-order valence-corrected chi connectivity index (χ4v) is 24.3. The second-order valence-electron chi connectivity index (χ2n) is 21.5. The molecule has 15 rings (SSSR count). The topological polar surface area (TPSA) is 24.9 Å². The first-order valence-corrected chi connectivity index (χ1v) is 30.8. The largest absolute Gasteiger partial charge is 0.458 e. The zero-order chi connectivity index (χ0) is 51.6. The van der Waals surface area contributed by atoms with Crippen LogP contribution in [0, 0.1) is 27.7 Å². The highest BCUT2D eigenvalue weighted by Crippen LogP contribution is 2.44. The minimum atomic E-state index is -2.83. The van der Waals surface area contributed by atoms with E-state index >= 15 is 0 Å². The molecule has 0 aliphatic carbocycles. The van der Waals surface area contributed by atoms with Crippen molar-refractivity contribution in [2.75, 3.05) is 9.80 Å². The predicted molar refractivity (Wildman–Crippen MR) is 327 cm³/mol. The van der Waals surface area contributed by atoms with Gasteiger partial charge in [0, 0.05) is 51.7 Å². The van der Waals surface area contributed by atoms with Crippen molar-refractivity contribution in [2.24, 2.45) is 0 Å². The molecule has 77 heavy (non-hydrogen) atoms. The van der Waals surface area contributed by atoms with Crippen molar-refractivity contribution in [2.45, 2.75) is 27.7 Å². The van der Waals surface area contributed by atoms with Crippen molar-refractivity contribution in [3.8, 4) is 23.0 Å². The Hall–Kier alpha value is -8.88. The summed E-state index contributed by atoms with van der Waals surface area (Å²) in [4.78, 5) is 4.98. The maximum atomic E-state index is 7.07. The van der Waals surface area contributed by atoms with E-state index in [1.54, 1.807) is 0 Å². The van der Waals surface area contributed by atoms with Crippen LogP contribution in [0.1, 0.15) is 22.3 Å². The van der Waals surface area contributed by atoms with Crippen molar-refractivity contribution < 1.29 is 9.47 Å². The average molecular weight is 1020 g/mol. The Morgan fingerprint density at radius 1 is 0.299 bits per heavy atom. The molecular weight excluding hydrogens is 968 g/mol. The van der Waals surface area contributed by atoms with Crippen LogP contribution in [0.3, 0.4) is 0 Å². The van der Waals surface area contributed by atoms with Crippen LogP contribution >= 0.6 is 0 Å². The van der Waals surface area contributed by atoms with Crippen LogP contribution in [-0.2, 0) is 0 Å². The van der Waals surface area contributed by atoms with Gasteiger partial charge in [0.15, 0.2) is 16.1 Å². The Bertz CT molecular complexity index is 3730. The first kappa shape index (κ1) is 45.5. The standard InChI is InChI=1S/C70H53BN2O2Si2/c1-46-28-36-58-66(40-46)76(52-18-9-5-10-19-52,53-20-11-6-12-21-53)67-41-47(2)29-37-59(67)72(58)50-32-34-56-64(44-50)74-62-26-17-27-63-70(62)71(56)57-35-33-51(45-65(57)75-63)73-60-38-30-48(3)42-68(60)77(54-22-13-7-14-23-54,55-24-15-8-16-25-55)69-43-49(4)31-39-61(69)73/h5-45H,1-4H3. The first-order valence-electron chi connectivity index (χ1n) is 26.8. The van der Waals surface area contributed by atoms with Gasteiger partial charge in [-0.15, -0.1) is 0 Å². The molecule has 0 saturated carbocycles. The number of fused-ring (bicyclic) bond motifs is 8. The number of hydrogen-bond acceptors (Lipinski definition) is 4. The van der Waals surface area contributed by atoms with Crippen LogP contribution in [0.15, 0.2) is 249 Å². The number of anilines is 6. The summed E-state index contributed by atoms with van der Waals surface area (Å²) >= 11 is 0. The zero-order valence-corrected chi connectivity index (χ0v) is 45.5. The van der Waals surface area contributed by atoms with E-state index in [1.165, 1.54) is 86.5 Å². The van der Waals surface area contributed by atoms with Crippen LogP contribution in [0.5, 0.6) is 23.0 Å². The molecule has 0 saturated heterocycles. The van der Waals surface area contributed by atoms with Gasteiger partial charge in [0.05, 0.1) is 0 Å². The SMILES string of the molecule is Cc1ccc2c(c1)[Si](c1ccccc1)(c1ccccc1)c1cc(C)ccc1N2c1ccc2c(c1)Oc1cccc3c1B2c1ccc(N2c4ccc(C)cc4[Si](c4ccccc4)(c4ccccc4)c4cc(C)ccc42)cc1O3. The summed E-state index contributed by atoms with van der Waals surface area (Å²) < 4.78 is 14.1. The highest BCUT2D eigenvalue weighted by Gasteiger charge is 2.51. The summed E-state index contributed by atoms with van der Waals surface area (Å²) in [7, 11) is -5.67. The second kappa shape index (κ2) is 17.3. The van der Waals surface area contributed by atoms with Crippen molar-refractivity contribution >= 4 is 115 Å². The third kappa shape index (κ3) is 6.63. The van der Waals surface area contributed by atoms with Gasteiger partial charge in [-0.3, -0.25) is 0 Å². The molecule has 4 nitrogen and oxygen atoms in total. The number of nitrogens with zero attached hydrogens (tertiary/aromatic N) is 2. The van der Waals surface area contributed by atoms with Gasteiger partial charge in [-0.2, -0.15) is 0 Å². The quantitative estimate of drug-likeness (QED) is 0.155. The average Bonchev–Trinajstić information content (AvgIpc) is 3.62. The molecule has 366 valence electrons. The van der Waals surface area contributed by atoms with E-state index in [4.69, 9.17) is 9.47 Å². The summed E-state index contributed by atoms with van der Waals surface area (Å²) in [6.45, 7) is 8.81. The molecule has 11 aromatic rings. The Morgan fingerprint density at radius 2 is 0.610 bits per heavy atom. The van der Waals surface area contributed by atoms with Gasteiger partial charge in [0.1, 0.15) is 23.0 Å². The van der Waals surface area contributed by atoms with E-state index < -0.39 is 16.1 Å². The van der Waals surface area contributed by atoms with E-state index in [0.717, 1.165) is 50.8 Å². The predicted octanol–water partition coefficient (Wildman–Crippen LogP) is 9.97. The molecule has 0 N–H and O–H groups in total. The van der Waals surface area contributed by atoms with Crippen LogP contribution in [0.2, 0.25) is 0 Å². The van der Waals surface area contributed by atoms with E-state index in [1.807, 2.05) is 0 Å². The maximum Gasteiger partial charge on any atom is 0.260 e. The van der Waals surface area contributed by atoms with Gasteiger partial charge in [-0.25, -0.2) is 0 Å². The van der Waals surface area contributed by atoms with Gasteiger partial charge in [-0.05, 0) is 129 Å². The summed E-state index contributed by atoms with van der Waals surface area (Å²) in [5, 5.41) is 11.0. The highest BCUT2D eigenvalue weighted by molar-refractivity contribution is 7.22. The molecular formula is C70H53BN2O2Si2. The molecule has 4 heterocycles. The van der Waals surface area contributed by atoms with E-state index in [0.29, 0.717) is 0 Å². The van der Waals surface area contributed by atoms with Gasteiger partial charge >= 0.3 is 0 Å². The lowest BCUT2D eigenvalue weighted by molar-refractivity contribution is 0.464. The molecule has 0 radical (unpaired) electrons. The van der Waals surface area contributed by atoms with Gasteiger partial charge in [0.2, 0.25) is 0 Å².